The van der Waals surface area contributed by atoms with E-state index in [-0.39, 0.29) is 12.2 Å². The molecule has 0 amide bonds. The number of hydrogen-bond acceptors (Lipinski definition) is 4. The summed E-state index contributed by atoms with van der Waals surface area (Å²) in [6.07, 6.45) is 0.890. The lowest BCUT2D eigenvalue weighted by atomic mass is 10.2. The van der Waals surface area contributed by atoms with E-state index >= 15 is 0 Å². The normalized spacial score (nSPS) is 26.7. The Morgan fingerprint density at radius 3 is 2.47 bits per heavy atom. The van der Waals surface area contributed by atoms with Crippen LogP contribution in [0.1, 0.15) is 25.8 Å². The predicted molar refractivity (Wildman–Crippen MR) is 71.5 cm³/mol. The molecule has 1 unspecified atom stereocenters. The van der Waals surface area contributed by atoms with Gasteiger partial charge in [-0.1, -0.05) is 37.3 Å². The monoisotopic (exact) mass is 266 g/mol. The molecule has 1 saturated heterocycles. The molecule has 0 radical (unpaired) electrons. The van der Waals surface area contributed by atoms with Crippen LogP contribution in [-0.4, -0.2) is 31.9 Å². The van der Waals surface area contributed by atoms with Gasteiger partial charge in [-0.05, 0) is 18.9 Å². The fraction of sp³-hybridized carbons (Fsp3) is 0.600. The lowest BCUT2D eigenvalue weighted by Crippen LogP contribution is -2.27. The molecule has 1 fully saturated rings. The molecule has 1 aliphatic heterocycles. The number of rotatable bonds is 7. The lowest BCUT2D eigenvalue weighted by molar-refractivity contribution is -0.242. The fourth-order valence-corrected chi connectivity index (χ4v) is 2.08. The van der Waals surface area contributed by atoms with Gasteiger partial charge >= 0.3 is 0 Å². The molecule has 0 aromatic heterocycles. The number of benzene rings is 1. The Labute approximate surface area is 114 Å². The molecule has 0 aliphatic carbocycles. The molecule has 4 nitrogen and oxygen atoms in total. The quantitative estimate of drug-likeness (QED) is 0.760. The minimum atomic E-state index is -0.541. The Balaban J connectivity index is 1.75. The van der Waals surface area contributed by atoms with Crippen molar-refractivity contribution in [1.82, 2.24) is 0 Å². The summed E-state index contributed by atoms with van der Waals surface area (Å²) in [5.41, 5.74) is 1.16. The van der Waals surface area contributed by atoms with Crippen molar-refractivity contribution in [2.24, 2.45) is 0 Å². The number of hydrogen-bond donors (Lipinski definition) is 0. The van der Waals surface area contributed by atoms with Crippen LogP contribution in [0.25, 0.3) is 0 Å². The molecule has 1 aromatic carbocycles. The van der Waals surface area contributed by atoms with E-state index in [0.29, 0.717) is 19.8 Å². The van der Waals surface area contributed by atoms with Crippen LogP contribution in [0.15, 0.2) is 30.3 Å². The van der Waals surface area contributed by atoms with Gasteiger partial charge in [0, 0.05) is 6.61 Å². The molecule has 0 saturated carbocycles. The second-order valence-corrected chi connectivity index (χ2v) is 4.50. The first-order valence-corrected chi connectivity index (χ1v) is 6.87. The van der Waals surface area contributed by atoms with Crippen LogP contribution < -0.4 is 0 Å². The zero-order valence-corrected chi connectivity index (χ0v) is 11.6. The maximum absolute atomic E-state index is 5.70. The maximum atomic E-state index is 5.70. The van der Waals surface area contributed by atoms with Gasteiger partial charge in [-0.15, -0.1) is 0 Å². The molecule has 4 heteroatoms. The molecule has 1 heterocycles. The van der Waals surface area contributed by atoms with Crippen molar-refractivity contribution in [3.8, 4) is 0 Å². The summed E-state index contributed by atoms with van der Waals surface area (Å²) >= 11 is 0. The van der Waals surface area contributed by atoms with Gasteiger partial charge in [0.1, 0.15) is 6.10 Å². The summed E-state index contributed by atoms with van der Waals surface area (Å²) in [7, 11) is 0. The average Bonchev–Trinajstić information content (AvgIpc) is 2.83. The van der Waals surface area contributed by atoms with E-state index in [2.05, 4.69) is 6.92 Å². The van der Waals surface area contributed by atoms with E-state index in [4.69, 9.17) is 18.9 Å². The van der Waals surface area contributed by atoms with Gasteiger partial charge in [0.25, 0.3) is 6.48 Å². The Morgan fingerprint density at radius 2 is 1.79 bits per heavy atom. The SMILES string of the molecule is CCOC1O[C@H](CC)[C@@H](COCc2ccccc2)O1. The molecular weight excluding hydrogens is 244 g/mol. The van der Waals surface area contributed by atoms with Crippen molar-refractivity contribution in [1.29, 1.82) is 0 Å². The summed E-state index contributed by atoms with van der Waals surface area (Å²) in [5, 5.41) is 0. The Morgan fingerprint density at radius 1 is 1.05 bits per heavy atom. The van der Waals surface area contributed by atoms with E-state index < -0.39 is 6.48 Å². The Hall–Kier alpha value is -0.940. The smallest absolute Gasteiger partial charge is 0.272 e. The molecule has 0 N–H and O–H groups in total. The average molecular weight is 266 g/mol. The summed E-state index contributed by atoms with van der Waals surface area (Å²) < 4.78 is 22.3. The highest BCUT2D eigenvalue weighted by Crippen LogP contribution is 2.23. The zero-order valence-electron chi connectivity index (χ0n) is 11.6. The van der Waals surface area contributed by atoms with Gasteiger partial charge in [-0.25, -0.2) is 0 Å². The molecule has 106 valence electrons. The third-order valence-corrected chi connectivity index (χ3v) is 3.09. The topological polar surface area (TPSA) is 36.9 Å². The highest BCUT2D eigenvalue weighted by molar-refractivity contribution is 5.13. The van der Waals surface area contributed by atoms with E-state index in [0.717, 1.165) is 12.0 Å². The maximum Gasteiger partial charge on any atom is 0.272 e. The van der Waals surface area contributed by atoms with Crippen LogP contribution in [0, 0.1) is 0 Å². The second kappa shape index (κ2) is 7.60. The number of ether oxygens (including phenoxy) is 4. The Kier molecular flexibility index (Phi) is 5.79. The summed E-state index contributed by atoms with van der Waals surface area (Å²) in [6.45, 7) is 5.16. The molecular formula is C15H22O4. The van der Waals surface area contributed by atoms with E-state index in [1.54, 1.807) is 0 Å². The summed E-state index contributed by atoms with van der Waals surface area (Å²) in [6, 6.07) is 10.1. The van der Waals surface area contributed by atoms with Crippen LogP contribution in [0.4, 0.5) is 0 Å². The third kappa shape index (κ3) is 4.28. The van der Waals surface area contributed by atoms with Gasteiger partial charge in [0.15, 0.2) is 0 Å². The van der Waals surface area contributed by atoms with Gasteiger partial charge in [0.05, 0.1) is 19.3 Å². The molecule has 19 heavy (non-hydrogen) atoms. The largest absolute Gasteiger partial charge is 0.374 e. The zero-order chi connectivity index (χ0) is 13.5. The summed E-state index contributed by atoms with van der Waals surface area (Å²) in [5.74, 6) is 0. The van der Waals surface area contributed by atoms with Gasteiger partial charge < -0.3 is 18.9 Å². The van der Waals surface area contributed by atoms with Crippen molar-refractivity contribution in [2.75, 3.05) is 13.2 Å². The van der Waals surface area contributed by atoms with Gasteiger partial charge in [0.2, 0.25) is 0 Å². The van der Waals surface area contributed by atoms with Crippen molar-refractivity contribution in [3.05, 3.63) is 35.9 Å². The first-order chi connectivity index (χ1) is 9.33. The van der Waals surface area contributed by atoms with Crippen molar-refractivity contribution in [2.45, 2.75) is 45.6 Å². The third-order valence-electron chi connectivity index (χ3n) is 3.09. The lowest BCUT2D eigenvalue weighted by Gasteiger charge is -2.14. The van der Waals surface area contributed by atoms with Crippen LogP contribution in [0.3, 0.4) is 0 Å². The molecule has 2 rings (SSSR count). The summed E-state index contributed by atoms with van der Waals surface area (Å²) in [4.78, 5) is 0. The van der Waals surface area contributed by atoms with E-state index in [9.17, 15) is 0 Å². The van der Waals surface area contributed by atoms with Crippen molar-refractivity contribution >= 4 is 0 Å². The van der Waals surface area contributed by atoms with E-state index in [1.807, 2.05) is 37.3 Å². The van der Waals surface area contributed by atoms with Gasteiger partial charge in [-0.3, -0.25) is 0 Å². The molecule has 3 atom stereocenters. The first-order valence-electron chi connectivity index (χ1n) is 6.87. The van der Waals surface area contributed by atoms with Crippen molar-refractivity contribution in [3.63, 3.8) is 0 Å². The van der Waals surface area contributed by atoms with Crippen molar-refractivity contribution < 1.29 is 18.9 Å². The van der Waals surface area contributed by atoms with Crippen LogP contribution >= 0.6 is 0 Å². The molecule has 0 bridgehead atoms. The highest BCUT2D eigenvalue weighted by Gasteiger charge is 2.35. The minimum absolute atomic E-state index is 0.0484. The highest BCUT2D eigenvalue weighted by atomic mass is 16.9. The van der Waals surface area contributed by atoms with Crippen LogP contribution in [0.2, 0.25) is 0 Å². The van der Waals surface area contributed by atoms with E-state index in [1.165, 1.54) is 0 Å². The first kappa shape index (κ1) is 14.5. The fourth-order valence-electron chi connectivity index (χ4n) is 2.08. The molecule has 0 spiro atoms. The minimum Gasteiger partial charge on any atom is -0.374 e. The van der Waals surface area contributed by atoms with Crippen LogP contribution in [0.5, 0.6) is 0 Å². The van der Waals surface area contributed by atoms with Crippen LogP contribution in [-0.2, 0) is 25.6 Å². The second-order valence-electron chi connectivity index (χ2n) is 4.50. The Bertz CT molecular complexity index is 354. The predicted octanol–water partition coefficient (Wildman–Crippen LogP) is 2.72. The molecule has 1 aromatic rings. The molecule has 1 aliphatic rings. The van der Waals surface area contributed by atoms with Gasteiger partial charge in [-0.2, -0.15) is 0 Å². The standard InChI is InChI=1S/C15H22O4/c1-3-13-14(19-15(18-13)17-4-2)11-16-10-12-8-6-5-7-9-12/h5-9,13-15H,3-4,10-11H2,1-2H3/t13-,14-,15?/m1/s1.